The minimum atomic E-state index is -0.404. The molecule has 0 saturated heterocycles. The van der Waals surface area contributed by atoms with Crippen LogP contribution in [-0.2, 0) is 6.42 Å². The predicted octanol–water partition coefficient (Wildman–Crippen LogP) is 3.87. The highest BCUT2D eigenvalue weighted by molar-refractivity contribution is 5.31. The van der Waals surface area contributed by atoms with Crippen LogP contribution in [0.3, 0.4) is 0 Å². The topological polar surface area (TPSA) is 21.3 Å². The summed E-state index contributed by atoms with van der Waals surface area (Å²) in [7, 11) is 1.43. The molecule has 1 atom stereocenters. The maximum Gasteiger partial charge on any atom is 0.165 e. The molecule has 0 heterocycles. The van der Waals surface area contributed by atoms with Gasteiger partial charge in [0.15, 0.2) is 11.6 Å². The Morgan fingerprint density at radius 2 is 1.86 bits per heavy atom. The van der Waals surface area contributed by atoms with Crippen LogP contribution < -0.4 is 10.1 Å². The zero-order valence-corrected chi connectivity index (χ0v) is 12.2. The van der Waals surface area contributed by atoms with Gasteiger partial charge in [-0.1, -0.05) is 31.2 Å². The summed E-state index contributed by atoms with van der Waals surface area (Å²) in [6, 6.07) is 11.3. The molecule has 112 valence electrons. The highest BCUT2D eigenvalue weighted by Crippen LogP contribution is 2.24. The Labute approximate surface area is 123 Å². The SMILES string of the molecule is CCNC(Cc1ccc(OC)c(F)c1)c1ccccc1F. The summed E-state index contributed by atoms with van der Waals surface area (Å²) in [5.74, 6) is -0.444. The molecule has 2 aromatic carbocycles. The van der Waals surface area contributed by atoms with E-state index in [1.807, 2.05) is 6.92 Å². The first-order valence-corrected chi connectivity index (χ1v) is 6.96. The smallest absolute Gasteiger partial charge is 0.165 e. The van der Waals surface area contributed by atoms with E-state index in [4.69, 9.17) is 4.74 Å². The van der Waals surface area contributed by atoms with Crippen molar-refractivity contribution in [2.24, 2.45) is 0 Å². The number of benzene rings is 2. The van der Waals surface area contributed by atoms with Crippen molar-refractivity contribution in [2.45, 2.75) is 19.4 Å². The van der Waals surface area contributed by atoms with Crippen LogP contribution in [0.4, 0.5) is 8.78 Å². The molecule has 0 radical (unpaired) electrons. The highest BCUT2D eigenvalue weighted by atomic mass is 19.1. The summed E-state index contributed by atoms with van der Waals surface area (Å²) in [6.07, 6.45) is 0.510. The summed E-state index contributed by atoms with van der Waals surface area (Å²) in [6.45, 7) is 2.67. The van der Waals surface area contributed by atoms with E-state index in [0.717, 1.165) is 5.56 Å². The van der Waals surface area contributed by atoms with E-state index in [-0.39, 0.29) is 17.6 Å². The molecule has 0 aliphatic carbocycles. The third kappa shape index (κ3) is 3.79. The van der Waals surface area contributed by atoms with Crippen molar-refractivity contribution in [1.29, 1.82) is 0 Å². The highest BCUT2D eigenvalue weighted by Gasteiger charge is 2.16. The summed E-state index contributed by atoms with van der Waals surface area (Å²) in [4.78, 5) is 0. The van der Waals surface area contributed by atoms with Crippen LogP contribution in [0.1, 0.15) is 24.1 Å². The molecule has 0 aliphatic rings. The molecule has 0 spiro atoms. The van der Waals surface area contributed by atoms with E-state index in [1.54, 1.807) is 30.3 Å². The summed E-state index contributed by atoms with van der Waals surface area (Å²) in [5, 5.41) is 3.24. The number of halogens is 2. The molecule has 1 N–H and O–H groups in total. The summed E-state index contributed by atoms with van der Waals surface area (Å²) < 4.78 is 32.6. The minimum Gasteiger partial charge on any atom is -0.494 e. The van der Waals surface area contributed by atoms with Crippen molar-refractivity contribution in [3.8, 4) is 5.75 Å². The van der Waals surface area contributed by atoms with E-state index >= 15 is 0 Å². The van der Waals surface area contributed by atoms with Crippen LogP contribution in [0.2, 0.25) is 0 Å². The molecule has 2 aromatic rings. The Bertz CT molecular complexity index is 601. The van der Waals surface area contributed by atoms with E-state index in [1.165, 1.54) is 19.2 Å². The Morgan fingerprint density at radius 3 is 2.48 bits per heavy atom. The second-order valence-electron chi connectivity index (χ2n) is 4.80. The number of nitrogens with one attached hydrogen (secondary N) is 1. The molecule has 0 amide bonds. The third-order valence-corrected chi connectivity index (χ3v) is 3.39. The van der Waals surface area contributed by atoms with Gasteiger partial charge in [-0.15, -0.1) is 0 Å². The number of rotatable bonds is 6. The largest absolute Gasteiger partial charge is 0.494 e. The van der Waals surface area contributed by atoms with Gasteiger partial charge in [-0.2, -0.15) is 0 Å². The quantitative estimate of drug-likeness (QED) is 0.872. The zero-order chi connectivity index (χ0) is 15.2. The number of likely N-dealkylation sites (N-methyl/N-ethyl adjacent to an activating group) is 1. The molecule has 2 nitrogen and oxygen atoms in total. The van der Waals surface area contributed by atoms with E-state index < -0.39 is 5.82 Å². The first kappa shape index (κ1) is 15.4. The Balaban J connectivity index is 2.24. The average molecular weight is 291 g/mol. The van der Waals surface area contributed by atoms with Crippen molar-refractivity contribution in [3.63, 3.8) is 0 Å². The molecule has 21 heavy (non-hydrogen) atoms. The van der Waals surface area contributed by atoms with Crippen molar-refractivity contribution in [1.82, 2.24) is 5.32 Å². The van der Waals surface area contributed by atoms with Crippen LogP contribution in [0.15, 0.2) is 42.5 Å². The summed E-state index contributed by atoms with van der Waals surface area (Å²) >= 11 is 0. The minimum absolute atomic E-state index is 0.191. The lowest BCUT2D eigenvalue weighted by Gasteiger charge is -2.19. The van der Waals surface area contributed by atoms with Gasteiger partial charge in [0.05, 0.1) is 7.11 Å². The van der Waals surface area contributed by atoms with Gasteiger partial charge in [0.1, 0.15) is 5.82 Å². The molecular weight excluding hydrogens is 272 g/mol. The lowest BCUT2D eigenvalue weighted by molar-refractivity contribution is 0.386. The van der Waals surface area contributed by atoms with Gasteiger partial charge in [0, 0.05) is 11.6 Å². The van der Waals surface area contributed by atoms with E-state index in [2.05, 4.69) is 5.32 Å². The lowest BCUT2D eigenvalue weighted by atomic mass is 9.98. The van der Waals surface area contributed by atoms with Crippen LogP contribution in [-0.4, -0.2) is 13.7 Å². The maximum absolute atomic E-state index is 13.9. The number of ether oxygens (including phenoxy) is 1. The average Bonchev–Trinajstić information content (AvgIpc) is 2.47. The van der Waals surface area contributed by atoms with Crippen molar-refractivity contribution >= 4 is 0 Å². The number of methoxy groups -OCH3 is 1. The second kappa shape index (κ2) is 7.18. The van der Waals surface area contributed by atoms with Gasteiger partial charge in [-0.05, 0) is 36.7 Å². The van der Waals surface area contributed by atoms with Crippen LogP contribution in [0, 0.1) is 11.6 Å². The van der Waals surface area contributed by atoms with Gasteiger partial charge in [-0.25, -0.2) is 8.78 Å². The van der Waals surface area contributed by atoms with E-state index in [9.17, 15) is 8.78 Å². The van der Waals surface area contributed by atoms with Crippen molar-refractivity contribution in [3.05, 3.63) is 65.2 Å². The standard InChI is InChI=1S/C17H19F2NO/c1-3-20-16(13-6-4-5-7-14(13)18)11-12-8-9-17(21-2)15(19)10-12/h4-10,16,20H,3,11H2,1-2H3. The molecule has 2 rings (SSSR count). The molecule has 4 heteroatoms. The van der Waals surface area contributed by atoms with E-state index in [0.29, 0.717) is 18.5 Å². The van der Waals surface area contributed by atoms with Crippen LogP contribution >= 0.6 is 0 Å². The van der Waals surface area contributed by atoms with Crippen molar-refractivity contribution < 1.29 is 13.5 Å². The first-order chi connectivity index (χ1) is 10.2. The lowest BCUT2D eigenvalue weighted by Crippen LogP contribution is -2.24. The zero-order valence-electron chi connectivity index (χ0n) is 12.2. The number of hydrogen-bond donors (Lipinski definition) is 1. The molecule has 1 unspecified atom stereocenters. The number of hydrogen-bond acceptors (Lipinski definition) is 2. The van der Waals surface area contributed by atoms with Gasteiger partial charge in [0.25, 0.3) is 0 Å². The third-order valence-electron chi connectivity index (χ3n) is 3.39. The fourth-order valence-electron chi connectivity index (χ4n) is 2.37. The predicted molar refractivity (Wildman–Crippen MR) is 79.5 cm³/mol. The van der Waals surface area contributed by atoms with Crippen LogP contribution in [0.5, 0.6) is 5.75 Å². The van der Waals surface area contributed by atoms with Gasteiger partial charge < -0.3 is 10.1 Å². The fourth-order valence-corrected chi connectivity index (χ4v) is 2.37. The first-order valence-electron chi connectivity index (χ1n) is 6.96. The molecule has 0 saturated carbocycles. The molecular formula is C17H19F2NO. The Morgan fingerprint density at radius 1 is 1.10 bits per heavy atom. The Hall–Kier alpha value is -1.94. The monoisotopic (exact) mass is 291 g/mol. The molecule has 0 aliphatic heterocycles. The van der Waals surface area contributed by atoms with Gasteiger partial charge >= 0.3 is 0 Å². The van der Waals surface area contributed by atoms with Gasteiger partial charge in [-0.3, -0.25) is 0 Å². The fraction of sp³-hybridized carbons (Fsp3) is 0.294. The second-order valence-corrected chi connectivity index (χ2v) is 4.80. The molecule has 0 bridgehead atoms. The normalized spacial score (nSPS) is 12.2. The van der Waals surface area contributed by atoms with Gasteiger partial charge in [0.2, 0.25) is 0 Å². The molecule has 0 aromatic heterocycles. The Kier molecular flexibility index (Phi) is 5.28. The van der Waals surface area contributed by atoms with Crippen molar-refractivity contribution in [2.75, 3.05) is 13.7 Å². The van der Waals surface area contributed by atoms with Crippen LogP contribution in [0.25, 0.3) is 0 Å². The summed E-state index contributed by atoms with van der Waals surface area (Å²) in [5.41, 5.74) is 1.39. The molecule has 0 fully saturated rings. The maximum atomic E-state index is 13.9.